The summed E-state index contributed by atoms with van der Waals surface area (Å²) >= 11 is 0. The molecule has 0 aromatic heterocycles. The molecule has 1 saturated carbocycles. The first-order valence-electron chi connectivity index (χ1n) is 4.27. The van der Waals surface area contributed by atoms with Gasteiger partial charge < -0.3 is 16.2 Å². The molecule has 0 spiro atoms. The van der Waals surface area contributed by atoms with Gasteiger partial charge in [0.2, 0.25) is 5.91 Å². The van der Waals surface area contributed by atoms with Crippen molar-refractivity contribution in [2.24, 2.45) is 11.1 Å². The number of aliphatic hydroxyl groups excluding tert-OH is 1. The second-order valence-corrected chi connectivity index (χ2v) is 3.54. The Labute approximate surface area is 72.1 Å². The summed E-state index contributed by atoms with van der Waals surface area (Å²) in [7, 11) is 0. The minimum atomic E-state index is -0.484. The molecule has 4 heteroatoms. The van der Waals surface area contributed by atoms with Gasteiger partial charge in [0.25, 0.3) is 0 Å². The van der Waals surface area contributed by atoms with E-state index in [9.17, 15) is 4.79 Å². The van der Waals surface area contributed by atoms with Crippen molar-refractivity contribution in [2.75, 3.05) is 13.1 Å². The number of hydrogen-bond donors (Lipinski definition) is 3. The van der Waals surface area contributed by atoms with Gasteiger partial charge in [0, 0.05) is 13.1 Å². The highest BCUT2D eigenvalue weighted by Crippen LogP contribution is 2.44. The zero-order valence-corrected chi connectivity index (χ0v) is 7.34. The van der Waals surface area contributed by atoms with E-state index in [1.807, 2.05) is 0 Å². The van der Waals surface area contributed by atoms with Gasteiger partial charge in [-0.1, -0.05) is 0 Å². The standard InChI is InChI=1S/C8H16N2O2/c1-6(11)4-10-7(12)8(5-9)2-3-8/h6,11H,2-5,9H2,1H3,(H,10,12). The van der Waals surface area contributed by atoms with Gasteiger partial charge in [0.15, 0.2) is 0 Å². The Morgan fingerprint density at radius 2 is 2.33 bits per heavy atom. The van der Waals surface area contributed by atoms with E-state index >= 15 is 0 Å². The molecule has 4 nitrogen and oxygen atoms in total. The summed E-state index contributed by atoms with van der Waals surface area (Å²) in [5.41, 5.74) is 5.16. The third-order valence-electron chi connectivity index (χ3n) is 2.28. The number of aliphatic hydroxyl groups is 1. The molecule has 1 fully saturated rings. The zero-order valence-electron chi connectivity index (χ0n) is 7.34. The summed E-state index contributed by atoms with van der Waals surface area (Å²) in [6.07, 6.45) is 1.28. The lowest BCUT2D eigenvalue weighted by molar-refractivity contribution is -0.126. The fourth-order valence-corrected chi connectivity index (χ4v) is 1.10. The number of nitrogens with two attached hydrogens (primary N) is 1. The molecule has 70 valence electrons. The van der Waals surface area contributed by atoms with Crippen LogP contribution in [0.2, 0.25) is 0 Å². The Hall–Kier alpha value is -0.610. The molecule has 1 rings (SSSR count). The van der Waals surface area contributed by atoms with Gasteiger partial charge in [0.1, 0.15) is 0 Å². The van der Waals surface area contributed by atoms with Crippen LogP contribution in [0.25, 0.3) is 0 Å². The van der Waals surface area contributed by atoms with E-state index < -0.39 is 6.10 Å². The minimum Gasteiger partial charge on any atom is -0.392 e. The van der Waals surface area contributed by atoms with Gasteiger partial charge in [-0.2, -0.15) is 0 Å². The summed E-state index contributed by atoms with van der Waals surface area (Å²) < 4.78 is 0. The van der Waals surface area contributed by atoms with Crippen molar-refractivity contribution in [3.63, 3.8) is 0 Å². The summed E-state index contributed by atoms with van der Waals surface area (Å²) in [6, 6.07) is 0. The van der Waals surface area contributed by atoms with E-state index in [0.29, 0.717) is 13.1 Å². The van der Waals surface area contributed by atoms with Crippen LogP contribution in [0.4, 0.5) is 0 Å². The number of rotatable bonds is 4. The van der Waals surface area contributed by atoms with Crippen molar-refractivity contribution in [1.82, 2.24) is 5.32 Å². The number of hydrogen-bond acceptors (Lipinski definition) is 3. The molecule has 0 bridgehead atoms. The fraction of sp³-hybridized carbons (Fsp3) is 0.875. The average molecular weight is 172 g/mol. The maximum Gasteiger partial charge on any atom is 0.227 e. The van der Waals surface area contributed by atoms with Gasteiger partial charge >= 0.3 is 0 Å². The Bertz CT molecular complexity index is 176. The van der Waals surface area contributed by atoms with E-state index in [2.05, 4.69) is 5.32 Å². The third kappa shape index (κ3) is 1.95. The number of carbonyl (C=O) groups excluding carboxylic acids is 1. The number of nitrogens with one attached hydrogen (secondary N) is 1. The molecule has 0 heterocycles. The van der Waals surface area contributed by atoms with Crippen molar-refractivity contribution in [2.45, 2.75) is 25.9 Å². The van der Waals surface area contributed by atoms with Crippen molar-refractivity contribution in [3.05, 3.63) is 0 Å². The van der Waals surface area contributed by atoms with Crippen LogP contribution in [-0.4, -0.2) is 30.2 Å². The van der Waals surface area contributed by atoms with Crippen molar-refractivity contribution >= 4 is 5.91 Å². The van der Waals surface area contributed by atoms with Crippen LogP contribution in [0, 0.1) is 5.41 Å². The molecule has 1 aliphatic carbocycles. The van der Waals surface area contributed by atoms with E-state index in [1.165, 1.54) is 0 Å². The maximum atomic E-state index is 11.4. The smallest absolute Gasteiger partial charge is 0.227 e. The fourth-order valence-electron chi connectivity index (χ4n) is 1.10. The topological polar surface area (TPSA) is 75.3 Å². The molecular formula is C8H16N2O2. The van der Waals surface area contributed by atoms with E-state index in [4.69, 9.17) is 10.8 Å². The van der Waals surface area contributed by atoms with Crippen molar-refractivity contribution in [1.29, 1.82) is 0 Å². The Kier molecular flexibility index (Phi) is 2.69. The predicted molar refractivity (Wildman–Crippen MR) is 45.4 cm³/mol. The van der Waals surface area contributed by atoms with E-state index in [1.54, 1.807) is 6.92 Å². The third-order valence-corrected chi connectivity index (χ3v) is 2.28. The van der Waals surface area contributed by atoms with Crippen LogP contribution in [-0.2, 0) is 4.79 Å². The molecule has 12 heavy (non-hydrogen) atoms. The minimum absolute atomic E-state index is 0.00843. The molecule has 1 amide bonds. The van der Waals surface area contributed by atoms with Crippen LogP contribution in [0.5, 0.6) is 0 Å². The average Bonchev–Trinajstić information content (AvgIpc) is 2.80. The summed E-state index contributed by atoms with van der Waals surface area (Å²) in [5, 5.41) is 11.6. The summed E-state index contributed by atoms with van der Waals surface area (Å²) in [4.78, 5) is 11.4. The second kappa shape index (κ2) is 3.41. The maximum absolute atomic E-state index is 11.4. The van der Waals surface area contributed by atoms with Crippen LogP contribution in [0.15, 0.2) is 0 Å². The van der Waals surface area contributed by atoms with Gasteiger partial charge in [-0.05, 0) is 19.8 Å². The SMILES string of the molecule is CC(O)CNC(=O)C1(CN)CC1. The highest BCUT2D eigenvalue weighted by Gasteiger charge is 2.48. The predicted octanol–water partition coefficient (Wildman–Crippen LogP) is -0.778. The normalized spacial score (nSPS) is 21.6. The quantitative estimate of drug-likeness (QED) is 0.521. The van der Waals surface area contributed by atoms with Crippen LogP contribution in [0.1, 0.15) is 19.8 Å². The highest BCUT2D eigenvalue weighted by atomic mass is 16.3. The molecular weight excluding hydrogens is 156 g/mol. The molecule has 0 aliphatic heterocycles. The van der Waals surface area contributed by atoms with Crippen LogP contribution < -0.4 is 11.1 Å². The lowest BCUT2D eigenvalue weighted by atomic mass is 10.1. The second-order valence-electron chi connectivity index (χ2n) is 3.54. The largest absolute Gasteiger partial charge is 0.392 e. The van der Waals surface area contributed by atoms with Gasteiger partial charge in [-0.25, -0.2) is 0 Å². The molecule has 0 saturated heterocycles. The molecule has 4 N–H and O–H groups in total. The molecule has 1 unspecified atom stereocenters. The molecule has 0 aromatic rings. The van der Waals surface area contributed by atoms with Crippen LogP contribution in [0.3, 0.4) is 0 Å². The summed E-state index contributed by atoms with van der Waals surface area (Å²) in [6.45, 7) is 2.38. The molecule has 1 aliphatic rings. The first-order valence-corrected chi connectivity index (χ1v) is 4.27. The van der Waals surface area contributed by atoms with Gasteiger partial charge in [0.05, 0.1) is 11.5 Å². The first-order chi connectivity index (χ1) is 5.60. The molecule has 0 aromatic carbocycles. The lowest BCUT2D eigenvalue weighted by Gasteiger charge is -2.13. The number of carbonyl (C=O) groups is 1. The van der Waals surface area contributed by atoms with Crippen molar-refractivity contribution in [3.8, 4) is 0 Å². The highest BCUT2D eigenvalue weighted by molar-refractivity contribution is 5.85. The monoisotopic (exact) mass is 172 g/mol. The molecule has 0 radical (unpaired) electrons. The van der Waals surface area contributed by atoms with Gasteiger partial charge in [-0.15, -0.1) is 0 Å². The Balaban J connectivity index is 2.29. The lowest BCUT2D eigenvalue weighted by Crippen LogP contribution is -2.39. The zero-order chi connectivity index (χ0) is 9.19. The van der Waals surface area contributed by atoms with Crippen molar-refractivity contribution < 1.29 is 9.90 Å². The Morgan fingerprint density at radius 3 is 2.67 bits per heavy atom. The molecule has 1 atom stereocenters. The summed E-state index contributed by atoms with van der Waals surface area (Å²) in [5.74, 6) is -0.00843. The Morgan fingerprint density at radius 1 is 1.75 bits per heavy atom. The van der Waals surface area contributed by atoms with E-state index in [-0.39, 0.29) is 11.3 Å². The first kappa shape index (κ1) is 9.48. The van der Waals surface area contributed by atoms with Gasteiger partial charge in [-0.3, -0.25) is 4.79 Å². The number of amides is 1. The van der Waals surface area contributed by atoms with E-state index in [0.717, 1.165) is 12.8 Å². The van der Waals surface area contributed by atoms with Crippen LogP contribution >= 0.6 is 0 Å².